The minimum atomic E-state index is -0.579. The van der Waals surface area contributed by atoms with Crippen molar-refractivity contribution in [3.05, 3.63) is 29.8 Å². The number of nitrogens with one attached hydrogen (secondary N) is 1. The number of carbonyl (C=O) groups excluding carboxylic acids is 2. The lowest BCUT2D eigenvalue weighted by molar-refractivity contribution is -0.133. The average Bonchev–Trinajstić information content (AvgIpc) is 2.63. The molecule has 0 aliphatic carbocycles. The Balaban J connectivity index is 2.73. The van der Waals surface area contributed by atoms with Gasteiger partial charge in [0.15, 0.2) is 0 Å². The Morgan fingerprint density at radius 1 is 1.11 bits per heavy atom. The smallest absolute Gasteiger partial charge is 0.251 e. The van der Waals surface area contributed by atoms with Gasteiger partial charge in [-0.05, 0) is 49.4 Å². The van der Waals surface area contributed by atoms with E-state index >= 15 is 0 Å². The molecule has 0 heterocycles. The number of rotatable bonds is 10. The van der Waals surface area contributed by atoms with Crippen molar-refractivity contribution < 1.29 is 14.3 Å². The number of hydrogen-bond acceptors (Lipinski definition) is 4. The molecule has 152 valence electrons. The van der Waals surface area contributed by atoms with Crippen molar-refractivity contribution in [3.8, 4) is 5.75 Å². The normalized spacial score (nSPS) is 13.4. The molecular weight excluding hydrogens is 342 g/mol. The fourth-order valence-corrected chi connectivity index (χ4v) is 2.63. The minimum Gasteiger partial charge on any atom is -0.494 e. The van der Waals surface area contributed by atoms with Gasteiger partial charge in [-0.1, -0.05) is 27.7 Å². The molecule has 6 nitrogen and oxygen atoms in total. The number of benzene rings is 1. The molecule has 1 aromatic rings. The second-order valence-corrected chi connectivity index (χ2v) is 7.61. The number of likely N-dealkylation sites (N-methyl/N-ethyl adjacent to an activating group) is 1. The monoisotopic (exact) mass is 377 g/mol. The van der Waals surface area contributed by atoms with Gasteiger partial charge in [0.1, 0.15) is 11.8 Å². The van der Waals surface area contributed by atoms with Crippen LogP contribution in [0.5, 0.6) is 5.75 Å². The zero-order chi connectivity index (χ0) is 20.6. The Bertz CT molecular complexity index is 599. The molecule has 2 atom stereocenters. The van der Waals surface area contributed by atoms with E-state index in [1.165, 1.54) is 0 Å². The highest BCUT2D eigenvalue weighted by molar-refractivity contribution is 5.97. The molecule has 0 aliphatic heterocycles. The lowest BCUT2D eigenvalue weighted by Gasteiger charge is -2.28. The van der Waals surface area contributed by atoms with Crippen LogP contribution in [0.15, 0.2) is 24.3 Å². The number of nitrogens with zero attached hydrogens (tertiary/aromatic N) is 1. The van der Waals surface area contributed by atoms with Crippen molar-refractivity contribution in [2.45, 2.75) is 53.1 Å². The third-order valence-electron chi connectivity index (χ3n) is 4.68. The van der Waals surface area contributed by atoms with E-state index in [9.17, 15) is 9.59 Å². The molecule has 0 aromatic heterocycles. The van der Waals surface area contributed by atoms with E-state index in [-0.39, 0.29) is 23.8 Å². The molecular formula is C21H35N3O3. The Morgan fingerprint density at radius 2 is 1.70 bits per heavy atom. The summed E-state index contributed by atoms with van der Waals surface area (Å²) in [5.74, 6) is 0.698. The highest BCUT2D eigenvalue weighted by atomic mass is 16.5. The molecule has 1 rings (SSSR count). The third-order valence-corrected chi connectivity index (χ3v) is 4.68. The van der Waals surface area contributed by atoms with Crippen LogP contribution in [0.4, 0.5) is 0 Å². The fourth-order valence-electron chi connectivity index (χ4n) is 2.63. The van der Waals surface area contributed by atoms with E-state index in [0.717, 1.165) is 6.42 Å². The molecule has 1 aromatic carbocycles. The fraction of sp³-hybridized carbons (Fsp3) is 0.619. The summed E-state index contributed by atoms with van der Waals surface area (Å²) in [4.78, 5) is 27.1. The number of nitrogens with two attached hydrogens (primary N) is 1. The van der Waals surface area contributed by atoms with Crippen molar-refractivity contribution >= 4 is 11.8 Å². The summed E-state index contributed by atoms with van der Waals surface area (Å²) < 4.78 is 5.39. The van der Waals surface area contributed by atoms with Gasteiger partial charge >= 0.3 is 0 Å². The van der Waals surface area contributed by atoms with Gasteiger partial charge in [-0.3, -0.25) is 9.59 Å². The Labute approximate surface area is 163 Å². The van der Waals surface area contributed by atoms with E-state index in [4.69, 9.17) is 10.5 Å². The molecule has 0 saturated carbocycles. The first-order chi connectivity index (χ1) is 12.7. The summed E-state index contributed by atoms with van der Waals surface area (Å²) in [6.07, 6.45) is 0.734. The van der Waals surface area contributed by atoms with E-state index in [2.05, 4.69) is 19.2 Å². The van der Waals surface area contributed by atoms with Gasteiger partial charge in [0.05, 0.1) is 6.61 Å². The first-order valence-corrected chi connectivity index (χ1v) is 9.71. The van der Waals surface area contributed by atoms with Crippen LogP contribution in [0.2, 0.25) is 0 Å². The highest BCUT2D eigenvalue weighted by Gasteiger charge is 2.27. The first-order valence-electron chi connectivity index (χ1n) is 9.71. The number of carbonyl (C=O) groups is 2. The molecule has 2 amide bonds. The van der Waals surface area contributed by atoms with Gasteiger partial charge in [-0.15, -0.1) is 0 Å². The maximum absolute atomic E-state index is 12.8. The van der Waals surface area contributed by atoms with E-state index in [1.807, 2.05) is 20.8 Å². The Morgan fingerprint density at radius 3 is 2.19 bits per heavy atom. The van der Waals surface area contributed by atoms with E-state index in [0.29, 0.717) is 30.4 Å². The van der Waals surface area contributed by atoms with Crippen LogP contribution >= 0.6 is 0 Å². The molecule has 0 saturated heterocycles. The lowest BCUT2D eigenvalue weighted by Crippen LogP contribution is -2.50. The number of amides is 2. The van der Waals surface area contributed by atoms with Gasteiger partial charge in [0.25, 0.3) is 5.91 Å². The van der Waals surface area contributed by atoms with Gasteiger partial charge in [0.2, 0.25) is 5.91 Å². The summed E-state index contributed by atoms with van der Waals surface area (Å²) in [5, 5.41) is 2.87. The highest BCUT2D eigenvalue weighted by Crippen LogP contribution is 2.14. The van der Waals surface area contributed by atoms with Gasteiger partial charge in [0, 0.05) is 25.2 Å². The van der Waals surface area contributed by atoms with Crippen LogP contribution in [-0.2, 0) is 4.79 Å². The standard InChI is InChI=1S/C21H35N3O3/c1-7-27-17-10-8-16(9-11-17)20(25)23-19(15(4)5)21(26)24(6)13-12-18(22)14(2)3/h8-11,14-15,18-19H,7,12-13,22H2,1-6H3,(H,23,25). The van der Waals surface area contributed by atoms with Crippen LogP contribution in [-0.4, -0.2) is 49.0 Å². The summed E-state index contributed by atoms with van der Waals surface area (Å²) in [6.45, 7) is 11.0. The molecule has 2 unspecified atom stereocenters. The number of hydrogen-bond donors (Lipinski definition) is 2. The summed E-state index contributed by atoms with van der Waals surface area (Å²) in [6, 6.07) is 6.38. The molecule has 0 aliphatic rings. The summed E-state index contributed by atoms with van der Waals surface area (Å²) in [5.41, 5.74) is 6.57. The molecule has 0 spiro atoms. The van der Waals surface area contributed by atoms with Gasteiger partial charge < -0.3 is 20.7 Å². The number of ether oxygens (including phenoxy) is 1. The molecule has 0 radical (unpaired) electrons. The lowest BCUT2D eigenvalue weighted by atomic mass is 10.00. The van der Waals surface area contributed by atoms with Crippen LogP contribution in [0.1, 0.15) is 51.4 Å². The van der Waals surface area contributed by atoms with Crippen molar-refractivity contribution in [1.29, 1.82) is 0 Å². The van der Waals surface area contributed by atoms with E-state index in [1.54, 1.807) is 36.2 Å². The topological polar surface area (TPSA) is 84.7 Å². The third kappa shape index (κ3) is 7.21. The second kappa shape index (κ2) is 10.9. The van der Waals surface area contributed by atoms with Crippen LogP contribution in [0.3, 0.4) is 0 Å². The summed E-state index contributed by atoms with van der Waals surface area (Å²) in [7, 11) is 1.76. The zero-order valence-electron chi connectivity index (χ0n) is 17.5. The van der Waals surface area contributed by atoms with Gasteiger partial charge in [-0.2, -0.15) is 0 Å². The Hall–Kier alpha value is -2.08. The molecule has 6 heteroatoms. The molecule has 27 heavy (non-hydrogen) atoms. The summed E-state index contributed by atoms with van der Waals surface area (Å²) >= 11 is 0. The molecule has 3 N–H and O–H groups in total. The second-order valence-electron chi connectivity index (χ2n) is 7.61. The predicted molar refractivity (Wildman–Crippen MR) is 109 cm³/mol. The Kier molecular flexibility index (Phi) is 9.29. The minimum absolute atomic E-state index is 0.0228. The van der Waals surface area contributed by atoms with E-state index < -0.39 is 6.04 Å². The maximum atomic E-state index is 12.8. The zero-order valence-corrected chi connectivity index (χ0v) is 17.5. The van der Waals surface area contributed by atoms with Crippen molar-refractivity contribution in [3.63, 3.8) is 0 Å². The van der Waals surface area contributed by atoms with Crippen LogP contribution in [0.25, 0.3) is 0 Å². The quantitative estimate of drug-likeness (QED) is 0.656. The largest absolute Gasteiger partial charge is 0.494 e. The van der Waals surface area contributed by atoms with Gasteiger partial charge in [-0.25, -0.2) is 0 Å². The predicted octanol–water partition coefficient (Wildman–Crippen LogP) is 2.67. The van der Waals surface area contributed by atoms with Crippen molar-refractivity contribution in [2.24, 2.45) is 17.6 Å². The van der Waals surface area contributed by atoms with Crippen molar-refractivity contribution in [2.75, 3.05) is 20.2 Å². The van der Waals surface area contributed by atoms with Crippen LogP contribution < -0.4 is 15.8 Å². The first kappa shape index (κ1) is 23.0. The molecule has 0 bridgehead atoms. The SMILES string of the molecule is CCOc1ccc(C(=O)NC(C(=O)N(C)CCC(N)C(C)C)C(C)C)cc1. The van der Waals surface area contributed by atoms with Crippen LogP contribution in [0, 0.1) is 11.8 Å². The maximum Gasteiger partial charge on any atom is 0.251 e. The molecule has 0 fully saturated rings. The van der Waals surface area contributed by atoms with Crippen molar-refractivity contribution in [1.82, 2.24) is 10.2 Å². The average molecular weight is 378 g/mol.